The Morgan fingerprint density at radius 2 is 2.06 bits per heavy atom. The van der Waals surface area contributed by atoms with Gasteiger partial charge in [0.2, 0.25) is 9.05 Å². The second kappa shape index (κ2) is 4.11. The predicted octanol–water partition coefficient (Wildman–Crippen LogP) is 2.29. The number of halogens is 1. The van der Waals surface area contributed by atoms with Gasteiger partial charge in [-0.05, 0) is 23.4 Å². The van der Waals surface area contributed by atoms with Gasteiger partial charge >= 0.3 is 0 Å². The predicted molar refractivity (Wildman–Crippen MR) is 66.3 cm³/mol. The number of para-hydroxylation sites is 1. The summed E-state index contributed by atoms with van der Waals surface area (Å²) in [5, 5.41) is 1.12. The van der Waals surface area contributed by atoms with Gasteiger partial charge in [-0.15, -0.1) is 0 Å². The van der Waals surface area contributed by atoms with Crippen LogP contribution in [0.25, 0.3) is 10.9 Å². The lowest BCUT2D eigenvalue weighted by Crippen LogP contribution is -2.02. The van der Waals surface area contributed by atoms with E-state index in [0.717, 1.165) is 16.5 Å². The number of aromatic nitrogens is 1. The van der Waals surface area contributed by atoms with Crippen molar-refractivity contribution in [3.8, 4) is 0 Å². The van der Waals surface area contributed by atoms with Crippen LogP contribution >= 0.6 is 10.7 Å². The summed E-state index contributed by atoms with van der Waals surface area (Å²) in [5.41, 5.74) is 2.08. The van der Waals surface area contributed by atoms with Gasteiger partial charge < -0.3 is 4.57 Å². The third kappa shape index (κ3) is 2.39. The molecular formula is C11H12ClNO2S. The Morgan fingerprint density at radius 1 is 1.31 bits per heavy atom. The van der Waals surface area contributed by atoms with Gasteiger partial charge in [0.25, 0.3) is 0 Å². The van der Waals surface area contributed by atoms with Crippen LogP contribution in [0, 0.1) is 0 Å². The van der Waals surface area contributed by atoms with Crippen LogP contribution in [0.5, 0.6) is 0 Å². The van der Waals surface area contributed by atoms with Crippen LogP contribution in [0.1, 0.15) is 5.56 Å². The van der Waals surface area contributed by atoms with Crippen LogP contribution in [0.2, 0.25) is 0 Å². The van der Waals surface area contributed by atoms with Crippen molar-refractivity contribution in [2.24, 2.45) is 7.05 Å². The molecule has 0 radical (unpaired) electrons. The van der Waals surface area contributed by atoms with Crippen molar-refractivity contribution in [2.45, 2.75) is 6.42 Å². The third-order valence-corrected chi connectivity index (χ3v) is 3.75. The van der Waals surface area contributed by atoms with E-state index in [4.69, 9.17) is 10.7 Å². The highest BCUT2D eigenvalue weighted by Crippen LogP contribution is 2.20. The zero-order valence-electron chi connectivity index (χ0n) is 8.85. The molecule has 1 heterocycles. The summed E-state index contributed by atoms with van der Waals surface area (Å²) in [6, 6.07) is 7.88. The molecule has 0 N–H and O–H groups in total. The molecule has 2 rings (SSSR count). The highest BCUT2D eigenvalue weighted by atomic mass is 35.7. The summed E-state index contributed by atoms with van der Waals surface area (Å²) < 4.78 is 23.8. The second-order valence-electron chi connectivity index (χ2n) is 3.77. The van der Waals surface area contributed by atoms with E-state index in [1.54, 1.807) is 0 Å². The molecule has 0 unspecified atom stereocenters. The highest BCUT2D eigenvalue weighted by molar-refractivity contribution is 8.13. The molecule has 5 heteroatoms. The Balaban J connectivity index is 2.40. The first-order valence-electron chi connectivity index (χ1n) is 4.92. The monoisotopic (exact) mass is 257 g/mol. The summed E-state index contributed by atoms with van der Waals surface area (Å²) >= 11 is 0. The summed E-state index contributed by atoms with van der Waals surface area (Å²) in [4.78, 5) is 0. The standard InChI is InChI=1S/C11H12ClNO2S/c1-13-7-5-9-3-2-4-10(11(9)13)6-8-16(12,14)15/h2-5,7H,6,8H2,1H3. The molecule has 16 heavy (non-hydrogen) atoms. The molecule has 2 aromatic rings. The maximum absolute atomic E-state index is 10.9. The van der Waals surface area contributed by atoms with E-state index in [1.165, 1.54) is 0 Å². The number of nitrogens with zero attached hydrogens (tertiary/aromatic N) is 1. The first-order valence-corrected chi connectivity index (χ1v) is 7.40. The molecule has 0 saturated heterocycles. The Morgan fingerprint density at radius 3 is 2.75 bits per heavy atom. The lowest BCUT2D eigenvalue weighted by molar-refractivity contribution is 0.609. The van der Waals surface area contributed by atoms with Crippen molar-refractivity contribution in [2.75, 3.05) is 5.75 Å². The smallest absolute Gasteiger partial charge is 0.232 e. The first-order chi connectivity index (χ1) is 7.47. The fraction of sp³-hybridized carbons (Fsp3) is 0.273. The summed E-state index contributed by atoms with van der Waals surface area (Å²) in [6.07, 6.45) is 2.41. The first kappa shape index (κ1) is 11.5. The molecule has 1 aromatic carbocycles. The molecule has 0 spiro atoms. The molecule has 1 aromatic heterocycles. The van der Waals surface area contributed by atoms with Gasteiger partial charge in [0.1, 0.15) is 0 Å². The number of benzene rings is 1. The van der Waals surface area contributed by atoms with Gasteiger partial charge in [-0.1, -0.05) is 18.2 Å². The van der Waals surface area contributed by atoms with Crippen LogP contribution in [0.3, 0.4) is 0 Å². The molecule has 0 amide bonds. The summed E-state index contributed by atoms with van der Waals surface area (Å²) in [5.74, 6) is -0.0289. The van der Waals surface area contributed by atoms with Gasteiger partial charge in [-0.3, -0.25) is 0 Å². The van der Waals surface area contributed by atoms with Crippen LogP contribution < -0.4 is 0 Å². The maximum atomic E-state index is 10.9. The molecule has 0 aliphatic carbocycles. The SMILES string of the molecule is Cn1ccc2cccc(CCS(=O)(=O)Cl)c21. The Hall–Kier alpha value is -1.00. The Bertz CT molecular complexity index is 616. The number of aryl methyl sites for hydroxylation is 2. The fourth-order valence-corrected chi connectivity index (χ4v) is 2.57. The zero-order valence-corrected chi connectivity index (χ0v) is 10.4. The van der Waals surface area contributed by atoms with Gasteiger partial charge in [0, 0.05) is 23.9 Å². The van der Waals surface area contributed by atoms with E-state index >= 15 is 0 Å². The highest BCUT2D eigenvalue weighted by Gasteiger charge is 2.09. The van der Waals surface area contributed by atoms with E-state index in [9.17, 15) is 8.42 Å². The maximum Gasteiger partial charge on any atom is 0.232 e. The third-order valence-electron chi connectivity index (χ3n) is 2.60. The van der Waals surface area contributed by atoms with E-state index in [1.807, 2.05) is 42.1 Å². The Kier molecular flexibility index (Phi) is 2.95. The minimum atomic E-state index is -3.42. The van der Waals surface area contributed by atoms with Gasteiger partial charge in [-0.2, -0.15) is 0 Å². The van der Waals surface area contributed by atoms with E-state index < -0.39 is 9.05 Å². The largest absolute Gasteiger partial charge is 0.350 e. The number of hydrogen-bond acceptors (Lipinski definition) is 2. The molecular weight excluding hydrogens is 246 g/mol. The van der Waals surface area contributed by atoms with E-state index in [0.29, 0.717) is 6.42 Å². The Labute approximate surface area is 99.1 Å². The van der Waals surface area contributed by atoms with Crippen LogP contribution in [0.4, 0.5) is 0 Å². The van der Waals surface area contributed by atoms with Crippen molar-refractivity contribution in [1.82, 2.24) is 4.57 Å². The van der Waals surface area contributed by atoms with Crippen molar-refractivity contribution < 1.29 is 8.42 Å². The fourth-order valence-electron chi connectivity index (χ4n) is 1.88. The average molecular weight is 258 g/mol. The molecule has 86 valence electrons. The van der Waals surface area contributed by atoms with Crippen LogP contribution in [-0.2, 0) is 22.5 Å². The topological polar surface area (TPSA) is 39.1 Å². The van der Waals surface area contributed by atoms with Gasteiger partial charge in [-0.25, -0.2) is 8.42 Å². The zero-order chi connectivity index (χ0) is 11.8. The van der Waals surface area contributed by atoms with Crippen molar-refractivity contribution in [3.63, 3.8) is 0 Å². The molecule has 0 atom stereocenters. The molecule has 0 aliphatic rings. The van der Waals surface area contributed by atoms with Gasteiger partial charge in [0.15, 0.2) is 0 Å². The lowest BCUT2D eigenvalue weighted by Gasteiger charge is -2.04. The van der Waals surface area contributed by atoms with E-state index in [-0.39, 0.29) is 5.75 Å². The summed E-state index contributed by atoms with van der Waals surface area (Å²) in [7, 11) is 3.73. The van der Waals surface area contributed by atoms with Crippen molar-refractivity contribution >= 4 is 30.6 Å². The molecule has 0 aliphatic heterocycles. The van der Waals surface area contributed by atoms with Crippen LogP contribution in [0.15, 0.2) is 30.5 Å². The average Bonchev–Trinajstić information content (AvgIpc) is 2.57. The molecule has 0 bridgehead atoms. The normalized spacial score (nSPS) is 12.1. The lowest BCUT2D eigenvalue weighted by atomic mass is 10.1. The number of rotatable bonds is 3. The van der Waals surface area contributed by atoms with Gasteiger partial charge in [0.05, 0.1) is 11.3 Å². The molecule has 0 saturated carbocycles. The van der Waals surface area contributed by atoms with Crippen molar-refractivity contribution in [1.29, 1.82) is 0 Å². The number of hydrogen-bond donors (Lipinski definition) is 0. The second-order valence-corrected chi connectivity index (χ2v) is 6.67. The summed E-state index contributed by atoms with van der Waals surface area (Å²) in [6.45, 7) is 0. The minimum absolute atomic E-state index is 0.0289. The quantitative estimate of drug-likeness (QED) is 0.792. The van der Waals surface area contributed by atoms with E-state index in [2.05, 4.69) is 0 Å². The van der Waals surface area contributed by atoms with Crippen molar-refractivity contribution in [3.05, 3.63) is 36.0 Å². The molecule has 0 fully saturated rings. The minimum Gasteiger partial charge on any atom is -0.350 e. The van der Waals surface area contributed by atoms with Crippen LogP contribution in [-0.4, -0.2) is 18.7 Å². The molecule has 3 nitrogen and oxygen atoms in total. The number of fused-ring (bicyclic) bond motifs is 1.